The second kappa shape index (κ2) is 8.18. The fraction of sp³-hybridized carbons (Fsp3) is 0.0833. The van der Waals surface area contributed by atoms with Crippen molar-refractivity contribution in [3.63, 3.8) is 0 Å². The third kappa shape index (κ3) is 3.95. The Morgan fingerprint density at radius 2 is 1.15 bits per heavy atom. The van der Waals surface area contributed by atoms with Crippen molar-refractivity contribution in [1.82, 2.24) is 0 Å². The van der Waals surface area contributed by atoms with Gasteiger partial charge in [0.15, 0.2) is 0 Å². The van der Waals surface area contributed by atoms with Crippen molar-refractivity contribution in [2.24, 2.45) is 5.14 Å². The Labute approximate surface area is 192 Å². The van der Waals surface area contributed by atoms with Crippen LogP contribution in [0.3, 0.4) is 0 Å². The third-order valence-electron chi connectivity index (χ3n) is 5.44. The number of nitrogens with two attached hydrogens (primary N) is 1. The summed E-state index contributed by atoms with van der Waals surface area (Å²) in [6.45, 7) is 3.58. The highest BCUT2D eigenvalue weighted by molar-refractivity contribution is 7.93. The Bertz CT molecular complexity index is 1550. The van der Waals surface area contributed by atoms with Crippen LogP contribution in [0.2, 0.25) is 0 Å². The van der Waals surface area contributed by atoms with E-state index in [2.05, 4.69) is 0 Å². The summed E-state index contributed by atoms with van der Waals surface area (Å²) in [5.74, 6) is -0.592. The van der Waals surface area contributed by atoms with Crippen LogP contribution in [0.15, 0.2) is 88.7 Å². The number of phenols is 1. The first-order valence-corrected chi connectivity index (χ1v) is 13.0. The lowest BCUT2D eigenvalue weighted by atomic mass is 10.1. The van der Waals surface area contributed by atoms with Crippen LogP contribution in [0.25, 0.3) is 10.8 Å². The number of primary sulfonamides is 1. The average Bonchev–Trinajstić information content (AvgIpc) is 2.76. The van der Waals surface area contributed by atoms with Crippen LogP contribution >= 0.6 is 0 Å². The van der Waals surface area contributed by atoms with E-state index in [0.717, 1.165) is 6.07 Å². The van der Waals surface area contributed by atoms with Gasteiger partial charge in [-0.1, -0.05) is 60.7 Å². The summed E-state index contributed by atoms with van der Waals surface area (Å²) in [5.41, 5.74) is 2.25. The Morgan fingerprint density at radius 1 is 0.697 bits per heavy atom. The predicted molar refractivity (Wildman–Crippen MR) is 129 cm³/mol. The fourth-order valence-corrected chi connectivity index (χ4v) is 6.39. The molecule has 9 heteroatoms. The van der Waals surface area contributed by atoms with Crippen molar-refractivity contribution in [2.75, 3.05) is 4.31 Å². The summed E-state index contributed by atoms with van der Waals surface area (Å²) < 4.78 is 54.1. The van der Waals surface area contributed by atoms with Gasteiger partial charge in [0, 0.05) is 10.8 Å². The van der Waals surface area contributed by atoms with E-state index in [-0.39, 0.29) is 15.7 Å². The molecule has 0 spiro atoms. The molecule has 0 aliphatic carbocycles. The minimum absolute atomic E-state index is 0.0668. The van der Waals surface area contributed by atoms with Crippen molar-refractivity contribution < 1.29 is 21.9 Å². The number of rotatable bonds is 5. The molecule has 4 aromatic carbocycles. The van der Waals surface area contributed by atoms with E-state index in [1.54, 1.807) is 74.5 Å². The summed E-state index contributed by atoms with van der Waals surface area (Å²) in [6.07, 6.45) is 0. The van der Waals surface area contributed by atoms with Crippen molar-refractivity contribution in [3.05, 3.63) is 90.0 Å². The fourth-order valence-electron chi connectivity index (χ4n) is 3.80. The lowest BCUT2D eigenvalue weighted by Gasteiger charge is -2.28. The molecule has 3 N–H and O–H groups in total. The number of aromatic hydroxyl groups is 1. The number of hydrogen-bond donors (Lipinski definition) is 2. The van der Waals surface area contributed by atoms with Gasteiger partial charge in [0.1, 0.15) is 10.6 Å². The molecule has 0 atom stereocenters. The second-order valence-corrected chi connectivity index (χ2v) is 10.9. The molecule has 0 saturated carbocycles. The molecule has 0 saturated heterocycles. The van der Waals surface area contributed by atoms with E-state index >= 15 is 0 Å². The standard InChI is InChI=1S/C24H22N2O5S2/c1-16-9-3-7-13-20(16)26(21-14-8-4-10-17(21)2)33(30,31)22-15-23(32(25,28)29)24(27)19-12-6-5-11-18(19)22/h3-15,27H,1-2H3,(H2,25,28,29). The van der Waals surface area contributed by atoms with E-state index in [9.17, 15) is 21.9 Å². The van der Waals surface area contributed by atoms with Crippen LogP contribution in [0, 0.1) is 13.8 Å². The first-order chi connectivity index (χ1) is 15.5. The van der Waals surface area contributed by atoms with Gasteiger partial charge in [0.05, 0.1) is 16.3 Å². The highest BCUT2D eigenvalue weighted by Crippen LogP contribution is 2.41. The molecule has 0 aromatic heterocycles. The number of fused-ring (bicyclic) bond motifs is 1. The molecule has 0 unspecified atom stereocenters. The lowest BCUT2D eigenvalue weighted by molar-refractivity contribution is 0.465. The largest absolute Gasteiger partial charge is 0.506 e. The highest BCUT2D eigenvalue weighted by atomic mass is 32.2. The van der Waals surface area contributed by atoms with E-state index in [1.807, 2.05) is 0 Å². The van der Waals surface area contributed by atoms with Crippen LogP contribution in [0.4, 0.5) is 11.4 Å². The summed E-state index contributed by atoms with van der Waals surface area (Å²) in [6, 6.07) is 21.1. The number of anilines is 2. The number of hydrogen-bond acceptors (Lipinski definition) is 5. The summed E-state index contributed by atoms with van der Waals surface area (Å²) in [5, 5.41) is 16.1. The Balaban J connectivity index is 2.14. The van der Waals surface area contributed by atoms with Gasteiger partial charge < -0.3 is 5.11 Å². The van der Waals surface area contributed by atoms with Crippen molar-refractivity contribution >= 4 is 42.2 Å². The highest BCUT2D eigenvalue weighted by Gasteiger charge is 2.33. The zero-order chi connectivity index (χ0) is 24.0. The second-order valence-electron chi connectivity index (χ2n) is 7.65. The third-order valence-corrected chi connectivity index (χ3v) is 8.13. The van der Waals surface area contributed by atoms with Gasteiger partial charge in [-0.05, 0) is 43.2 Å². The molecule has 33 heavy (non-hydrogen) atoms. The van der Waals surface area contributed by atoms with Crippen molar-refractivity contribution in [1.29, 1.82) is 0 Å². The van der Waals surface area contributed by atoms with E-state index in [0.29, 0.717) is 22.5 Å². The Morgan fingerprint density at radius 3 is 1.64 bits per heavy atom. The normalized spacial score (nSPS) is 12.1. The number of sulfonamides is 2. The molecule has 0 fully saturated rings. The topological polar surface area (TPSA) is 118 Å². The van der Waals surface area contributed by atoms with Crippen LogP contribution in [-0.2, 0) is 20.0 Å². The molecule has 7 nitrogen and oxygen atoms in total. The molecular weight excluding hydrogens is 460 g/mol. The van der Waals surface area contributed by atoms with Gasteiger partial charge in [0.25, 0.3) is 10.0 Å². The zero-order valence-electron chi connectivity index (χ0n) is 17.9. The van der Waals surface area contributed by atoms with Crippen LogP contribution in [-0.4, -0.2) is 21.9 Å². The molecule has 0 amide bonds. The zero-order valence-corrected chi connectivity index (χ0v) is 19.6. The monoisotopic (exact) mass is 482 g/mol. The quantitative estimate of drug-likeness (QED) is 0.439. The minimum Gasteiger partial charge on any atom is -0.506 e. The number of phenolic OH excluding ortho intramolecular Hbond substituents is 1. The van der Waals surface area contributed by atoms with Gasteiger partial charge in [-0.25, -0.2) is 26.3 Å². The lowest BCUT2D eigenvalue weighted by Crippen LogP contribution is -2.28. The minimum atomic E-state index is -4.41. The molecule has 0 aliphatic rings. The molecule has 0 bridgehead atoms. The predicted octanol–water partition coefficient (Wildman–Crippen LogP) is 4.34. The number of aryl methyl sites for hydroxylation is 2. The van der Waals surface area contributed by atoms with E-state index < -0.39 is 30.7 Å². The molecule has 4 rings (SSSR count). The van der Waals surface area contributed by atoms with Gasteiger partial charge in [-0.3, -0.25) is 0 Å². The van der Waals surface area contributed by atoms with E-state index in [4.69, 9.17) is 5.14 Å². The Kier molecular flexibility index (Phi) is 5.65. The maximum Gasteiger partial charge on any atom is 0.269 e. The van der Waals surface area contributed by atoms with Gasteiger partial charge in [-0.15, -0.1) is 0 Å². The van der Waals surface area contributed by atoms with Crippen LogP contribution < -0.4 is 9.44 Å². The van der Waals surface area contributed by atoms with Crippen LogP contribution in [0.5, 0.6) is 5.75 Å². The number of para-hydroxylation sites is 2. The number of benzene rings is 4. The molecular formula is C24H22N2O5S2. The number of nitrogens with zero attached hydrogens (tertiary/aromatic N) is 1. The van der Waals surface area contributed by atoms with E-state index in [1.165, 1.54) is 16.4 Å². The molecule has 4 aromatic rings. The molecule has 0 radical (unpaired) electrons. The SMILES string of the molecule is Cc1ccccc1N(c1ccccc1C)S(=O)(=O)c1cc(S(N)(=O)=O)c(O)c2ccccc12. The van der Waals surface area contributed by atoms with Crippen molar-refractivity contribution in [2.45, 2.75) is 23.6 Å². The Hall–Kier alpha value is -3.40. The summed E-state index contributed by atoms with van der Waals surface area (Å²) >= 11 is 0. The maximum absolute atomic E-state index is 14.3. The maximum atomic E-state index is 14.3. The summed E-state index contributed by atoms with van der Waals surface area (Å²) in [7, 11) is -8.79. The van der Waals surface area contributed by atoms with Gasteiger partial charge in [-0.2, -0.15) is 0 Å². The van der Waals surface area contributed by atoms with Crippen LogP contribution in [0.1, 0.15) is 11.1 Å². The first kappa shape index (κ1) is 22.8. The summed E-state index contributed by atoms with van der Waals surface area (Å²) in [4.78, 5) is -0.944. The van der Waals surface area contributed by atoms with Gasteiger partial charge >= 0.3 is 0 Å². The van der Waals surface area contributed by atoms with Crippen molar-refractivity contribution in [3.8, 4) is 5.75 Å². The first-order valence-electron chi connectivity index (χ1n) is 9.97. The molecule has 0 heterocycles. The molecule has 170 valence electrons. The smallest absolute Gasteiger partial charge is 0.269 e. The molecule has 0 aliphatic heterocycles. The van der Waals surface area contributed by atoms with Gasteiger partial charge in [0.2, 0.25) is 10.0 Å². The average molecular weight is 483 g/mol.